The van der Waals surface area contributed by atoms with Crippen molar-refractivity contribution in [3.05, 3.63) is 11.3 Å². The van der Waals surface area contributed by atoms with Crippen LogP contribution >= 0.6 is 0 Å². The summed E-state index contributed by atoms with van der Waals surface area (Å²) in [6.07, 6.45) is -5.87. The van der Waals surface area contributed by atoms with Crippen molar-refractivity contribution >= 4 is 23.7 Å². The van der Waals surface area contributed by atoms with Gasteiger partial charge in [-0.15, -0.1) is 0 Å². The maximum Gasteiger partial charge on any atom is 0.348 e. The summed E-state index contributed by atoms with van der Waals surface area (Å²) in [6.45, 7) is 6.84. The molecular formula is C26H34O11. The van der Waals surface area contributed by atoms with Crippen LogP contribution in [0, 0.1) is 34.5 Å². The van der Waals surface area contributed by atoms with Crippen LogP contribution in [0.1, 0.15) is 47.0 Å². The molecule has 2 saturated heterocycles. The Hall–Kier alpha value is -2.50. The molecule has 3 N–H and O–H groups in total. The third-order valence-electron chi connectivity index (χ3n) is 9.67. The largest absolute Gasteiger partial charge is 0.504 e. The van der Waals surface area contributed by atoms with Gasteiger partial charge in [0.2, 0.25) is 11.7 Å². The highest BCUT2D eigenvalue weighted by molar-refractivity contribution is 5.95. The van der Waals surface area contributed by atoms with Crippen molar-refractivity contribution in [2.24, 2.45) is 34.5 Å². The number of fused-ring (bicyclic) bond motifs is 2. The minimum Gasteiger partial charge on any atom is -0.504 e. The summed E-state index contributed by atoms with van der Waals surface area (Å²) in [5.74, 6) is -6.09. The molecule has 0 aromatic carbocycles. The molecule has 3 aliphatic carbocycles. The number of esters is 3. The molecule has 10 atom stereocenters. The number of ketones is 1. The number of aliphatic hydroxyl groups excluding tert-OH is 3. The molecule has 5 aliphatic rings. The van der Waals surface area contributed by atoms with Gasteiger partial charge in [0.05, 0.1) is 25.7 Å². The van der Waals surface area contributed by atoms with Crippen LogP contribution in [-0.2, 0) is 38.1 Å². The molecule has 0 aromatic heterocycles. The molecule has 0 amide bonds. The lowest BCUT2D eigenvalue weighted by atomic mass is 9.38. The van der Waals surface area contributed by atoms with Crippen molar-refractivity contribution in [1.82, 2.24) is 0 Å². The van der Waals surface area contributed by atoms with E-state index in [4.69, 9.17) is 18.9 Å². The van der Waals surface area contributed by atoms with E-state index in [1.54, 1.807) is 13.8 Å². The Morgan fingerprint density at radius 3 is 2.49 bits per heavy atom. The summed E-state index contributed by atoms with van der Waals surface area (Å²) >= 11 is 0. The van der Waals surface area contributed by atoms with E-state index in [9.17, 15) is 34.5 Å². The number of rotatable bonds is 4. The quantitative estimate of drug-likeness (QED) is 0.349. The van der Waals surface area contributed by atoms with Gasteiger partial charge in [-0.1, -0.05) is 20.8 Å². The minimum absolute atomic E-state index is 0.00513. The molecule has 2 heterocycles. The van der Waals surface area contributed by atoms with Crippen LogP contribution in [0.25, 0.3) is 0 Å². The Morgan fingerprint density at radius 1 is 1.19 bits per heavy atom. The molecule has 2 bridgehead atoms. The number of carbonyl (C=O) groups is 4. The van der Waals surface area contributed by atoms with Gasteiger partial charge in [-0.3, -0.25) is 9.59 Å². The summed E-state index contributed by atoms with van der Waals surface area (Å²) in [7, 11) is 1.10. The lowest BCUT2D eigenvalue weighted by molar-refractivity contribution is -0.290. The normalized spacial score (nSPS) is 46.2. The number of hydrogen-bond acceptors (Lipinski definition) is 11. The number of aliphatic hydroxyl groups is 3. The van der Waals surface area contributed by atoms with E-state index >= 15 is 0 Å². The van der Waals surface area contributed by atoms with Crippen LogP contribution in [0.2, 0.25) is 0 Å². The summed E-state index contributed by atoms with van der Waals surface area (Å²) in [5.41, 5.74) is -4.05. The fraction of sp³-hybridized carbons (Fsp3) is 0.769. The number of Topliss-reactive ketones (excluding diaryl/α,β-unsaturated/α-hetero) is 1. The van der Waals surface area contributed by atoms with Crippen LogP contribution < -0.4 is 0 Å². The second-order valence-electron chi connectivity index (χ2n) is 11.9. The van der Waals surface area contributed by atoms with Crippen molar-refractivity contribution < 1.29 is 53.4 Å². The van der Waals surface area contributed by atoms with E-state index in [0.717, 1.165) is 7.11 Å². The van der Waals surface area contributed by atoms with Crippen molar-refractivity contribution in [1.29, 1.82) is 0 Å². The molecule has 0 aromatic rings. The van der Waals surface area contributed by atoms with E-state index in [1.807, 2.05) is 13.8 Å². The first-order valence-electron chi connectivity index (χ1n) is 12.7. The van der Waals surface area contributed by atoms with Gasteiger partial charge in [-0.2, -0.15) is 0 Å². The topological polar surface area (TPSA) is 166 Å². The number of methoxy groups -OCH3 is 1. The molecule has 11 nitrogen and oxygen atoms in total. The Bertz CT molecular complexity index is 1100. The van der Waals surface area contributed by atoms with Crippen molar-refractivity contribution in [2.75, 3.05) is 13.7 Å². The zero-order chi connectivity index (χ0) is 27.2. The SMILES string of the molecule is COC(=O)[C@]12OC[C@]34[C@H](C[C@@H]5C(C)=C(O)C(=O)C[C@@]5(C)[C@@H]3[C@H](O)[C@H]1O)OC(=O)[C@@H](OC(=O)CC(C)C)[C@H]24. The molecule has 0 unspecified atom stereocenters. The highest BCUT2D eigenvalue weighted by Gasteiger charge is 2.85. The predicted molar refractivity (Wildman–Crippen MR) is 123 cm³/mol. The fourth-order valence-electron chi connectivity index (χ4n) is 8.38. The van der Waals surface area contributed by atoms with Crippen LogP contribution in [0.4, 0.5) is 0 Å². The fourth-order valence-corrected chi connectivity index (χ4v) is 8.38. The van der Waals surface area contributed by atoms with Crippen LogP contribution in [0.15, 0.2) is 11.3 Å². The van der Waals surface area contributed by atoms with Crippen molar-refractivity contribution in [2.45, 2.75) is 77.0 Å². The molecule has 37 heavy (non-hydrogen) atoms. The average molecular weight is 523 g/mol. The lowest BCUT2D eigenvalue weighted by Gasteiger charge is -2.67. The Morgan fingerprint density at radius 2 is 1.86 bits per heavy atom. The number of ether oxygens (including phenoxy) is 4. The molecule has 4 fully saturated rings. The second kappa shape index (κ2) is 8.25. The summed E-state index contributed by atoms with van der Waals surface area (Å²) in [4.78, 5) is 52.3. The van der Waals surface area contributed by atoms with E-state index in [0.29, 0.717) is 5.57 Å². The molecule has 5 rings (SSSR count). The first-order valence-corrected chi connectivity index (χ1v) is 12.7. The van der Waals surface area contributed by atoms with Crippen LogP contribution in [-0.4, -0.2) is 82.7 Å². The van der Waals surface area contributed by atoms with Gasteiger partial charge in [0.25, 0.3) is 0 Å². The highest BCUT2D eigenvalue weighted by Crippen LogP contribution is 2.72. The third-order valence-corrected chi connectivity index (χ3v) is 9.67. The molecule has 11 heteroatoms. The van der Waals surface area contributed by atoms with E-state index in [2.05, 4.69) is 0 Å². The van der Waals surface area contributed by atoms with Gasteiger partial charge in [0, 0.05) is 24.2 Å². The van der Waals surface area contributed by atoms with Crippen LogP contribution in [0.3, 0.4) is 0 Å². The average Bonchev–Trinajstić information content (AvgIpc) is 3.12. The van der Waals surface area contributed by atoms with Crippen molar-refractivity contribution in [3.63, 3.8) is 0 Å². The first-order chi connectivity index (χ1) is 17.3. The number of hydrogen-bond donors (Lipinski definition) is 3. The molecule has 2 aliphatic heterocycles. The second-order valence-corrected chi connectivity index (χ2v) is 11.9. The zero-order valence-electron chi connectivity index (χ0n) is 21.6. The molecule has 1 spiro atoms. The van der Waals surface area contributed by atoms with Gasteiger partial charge < -0.3 is 34.3 Å². The number of carbonyl (C=O) groups excluding carboxylic acids is 4. The standard InChI is InChI=1S/C26H34O11/c1-10(2)6-15(28)37-18-20-25-9-35-26(20,23(33)34-5)21(31)17(30)19(25)24(4)8-13(27)16(29)11(3)12(24)7-14(25)36-22(18)32/h10,12,14,17-21,29-31H,6-9H2,1-5H3/t12-,14+,17+,18+,19+,20+,21-,24-,25+,26-/m1/s1. The monoisotopic (exact) mass is 522 g/mol. The molecular weight excluding hydrogens is 488 g/mol. The van der Waals surface area contributed by atoms with Gasteiger partial charge in [-0.25, -0.2) is 9.59 Å². The number of allylic oxidation sites excluding steroid dienone is 2. The summed E-state index contributed by atoms with van der Waals surface area (Å²) < 4.78 is 22.6. The van der Waals surface area contributed by atoms with E-state index in [-0.39, 0.29) is 37.5 Å². The first kappa shape index (κ1) is 26.1. The van der Waals surface area contributed by atoms with Crippen LogP contribution in [0.5, 0.6) is 0 Å². The maximum absolute atomic E-state index is 13.4. The molecule has 204 valence electrons. The van der Waals surface area contributed by atoms with Gasteiger partial charge in [0.1, 0.15) is 12.2 Å². The van der Waals surface area contributed by atoms with E-state index < -0.39 is 82.3 Å². The van der Waals surface area contributed by atoms with Gasteiger partial charge in [0.15, 0.2) is 11.5 Å². The smallest absolute Gasteiger partial charge is 0.348 e. The van der Waals surface area contributed by atoms with Gasteiger partial charge in [-0.05, 0) is 36.2 Å². The Balaban J connectivity index is 1.72. The van der Waals surface area contributed by atoms with E-state index in [1.165, 1.54) is 0 Å². The maximum atomic E-state index is 13.4. The lowest BCUT2D eigenvalue weighted by Crippen LogP contribution is -2.79. The Kier molecular flexibility index (Phi) is 5.82. The van der Waals surface area contributed by atoms with Gasteiger partial charge >= 0.3 is 17.9 Å². The molecule has 2 saturated carbocycles. The summed E-state index contributed by atoms with van der Waals surface area (Å²) in [6, 6.07) is 0. The zero-order valence-corrected chi connectivity index (χ0v) is 21.6. The highest BCUT2D eigenvalue weighted by atomic mass is 16.6. The molecule has 0 radical (unpaired) electrons. The summed E-state index contributed by atoms with van der Waals surface area (Å²) in [5, 5.41) is 33.6. The Labute approximate surface area is 214 Å². The van der Waals surface area contributed by atoms with Crippen molar-refractivity contribution in [3.8, 4) is 0 Å². The third kappa shape index (κ3) is 3.10. The predicted octanol–water partition coefficient (Wildman–Crippen LogP) is 0.597. The minimum atomic E-state index is -2.19.